The van der Waals surface area contributed by atoms with Crippen molar-refractivity contribution in [2.45, 2.75) is 19.1 Å². The molecule has 1 heterocycles. The molecule has 0 N–H and O–H groups in total. The van der Waals surface area contributed by atoms with Gasteiger partial charge in [0.25, 0.3) is 0 Å². The van der Waals surface area contributed by atoms with Gasteiger partial charge in [0, 0.05) is 11.4 Å². The highest BCUT2D eigenvalue weighted by Gasteiger charge is 2.13. The smallest absolute Gasteiger partial charge is 0.160 e. The van der Waals surface area contributed by atoms with E-state index in [9.17, 15) is 0 Å². The minimum Gasteiger partial charge on any atom is -0.493 e. The van der Waals surface area contributed by atoms with E-state index in [0.29, 0.717) is 11.6 Å². The largest absolute Gasteiger partial charge is 0.493 e. The van der Waals surface area contributed by atoms with Crippen molar-refractivity contribution in [1.29, 1.82) is 0 Å². The Labute approximate surface area is 100 Å². The molecule has 4 heteroatoms. The number of halogens is 1. The number of hydrogen-bond acceptors (Lipinski definition) is 3. The summed E-state index contributed by atoms with van der Waals surface area (Å²) < 4.78 is 16.4. The third-order valence-corrected chi connectivity index (χ3v) is 2.58. The second-order valence-corrected chi connectivity index (χ2v) is 4.05. The highest BCUT2D eigenvalue weighted by Crippen LogP contribution is 2.16. The lowest BCUT2D eigenvalue weighted by molar-refractivity contribution is -0.183. The van der Waals surface area contributed by atoms with Crippen LogP contribution in [-0.2, 0) is 9.47 Å². The van der Waals surface area contributed by atoms with E-state index >= 15 is 0 Å². The van der Waals surface area contributed by atoms with Gasteiger partial charge in [-0.25, -0.2) is 0 Å². The van der Waals surface area contributed by atoms with E-state index in [1.807, 2.05) is 24.3 Å². The molecule has 1 saturated heterocycles. The van der Waals surface area contributed by atoms with E-state index in [2.05, 4.69) is 0 Å². The second-order valence-electron chi connectivity index (χ2n) is 3.62. The summed E-state index contributed by atoms with van der Waals surface area (Å²) in [6.07, 6.45) is 1.62. The Morgan fingerprint density at radius 2 is 1.88 bits per heavy atom. The molecule has 88 valence electrons. The van der Waals surface area contributed by atoms with Gasteiger partial charge >= 0.3 is 0 Å². The molecule has 0 radical (unpaired) electrons. The fourth-order valence-corrected chi connectivity index (χ4v) is 1.63. The Bertz CT molecular complexity index is 307. The Hall–Kier alpha value is -0.770. The first-order valence-electron chi connectivity index (χ1n) is 5.46. The SMILES string of the molecule is Clc1ccc(OCCC2OCCCO2)cc1. The van der Waals surface area contributed by atoms with Crippen LogP contribution in [0.15, 0.2) is 24.3 Å². The molecule has 1 aromatic carbocycles. The molecule has 1 aliphatic rings. The third kappa shape index (κ3) is 3.67. The van der Waals surface area contributed by atoms with Crippen LogP contribution >= 0.6 is 11.6 Å². The van der Waals surface area contributed by atoms with Crippen molar-refractivity contribution in [2.24, 2.45) is 0 Å². The summed E-state index contributed by atoms with van der Waals surface area (Å²) in [5, 5.41) is 0.714. The monoisotopic (exact) mass is 242 g/mol. The van der Waals surface area contributed by atoms with Gasteiger partial charge in [-0.05, 0) is 30.7 Å². The van der Waals surface area contributed by atoms with Gasteiger partial charge in [-0.2, -0.15) is 0 Å². The van der Waals surface area contributed by atoms with Crippen LogP contribution < -0.4 is 4.74 Å². The summed E-state index contributed by atoms with van der Waals surface area (Å²) in [6, 6.07) is 7.32. The lowest BCUT2D eigenvalue weighted by atomic mass is 10.3. The zero-order valence-electron chi connectivity index (χ0n) is 9.02. The van der Waals surface area contributed by atoms with Crippen LogP contribution in [-0.4, -0.2) is 26.1 Å². The zero-order chi connectivity index (χ0) is 11.2. The van der Waals surface area contributed by atoms with E-state index in [0.717, 1.165) is 31.8 Å². The van der Waals surface area contributed by atoms with Crippen LogP contribution in [0.4, 0.5) is 0 Å². The van der Waals surface area contributed by atoms with Crippen molar-refractivity contribution in [1.82, 2.24) is 0 Å². The molecular formula is C12H15ClO3. The maximum atomic E-state index is 5.77. The minimum absolute atomic E-state index is 0.110. The highest BCUT2D eigenvalue weighted by atomic mass is 35.5. The van der Waals surface area contributed by atoms with Crippen LogP contribution in [0.3, 0.4) is 0 Å². The van der Waals surface area contributed by atoms with Gasteiger partial charge in [0.05, 0.1) is 19.8 Å². The van der Waals surface area contributed by atoms with Gasteiger partial charge in [0.1, 0.15) is 5.75 Å². The average Bonchev–Trinajstić information content (AvgIpc) is 2.33. The number of rotatable bonds is 4. The van der Waals surface area contributed by atoms with Gasteiger partial charge in [-0.15, -0.1) is 0 Å². The van der Waals surface area contributed by atoms with Crippen LogP contribution in [0.5, 0.6) is 5.75 Å². The van der Waals surface area contributed by atoms with Gasteiger partial charge < -0.3 is 14.2 Å². The topological polar surface area (TPSA) is 27.7 Å². The zero-order valence-corrected chi connectivity index (χ0v) is 9.78. The van der Waals surface area contributed by atoms with Gasteiger partial charge in [0.15, 0.2) is 6.29 Å². The Balaban J connectivity index is 1.69. The Kier molecular flexibility index (Phi) is 4.45. The maximum Gasteiger partial charge on any atom is 0.160 e. The lowest BCUT2D eigenvalue weighted by Crippen LogP contribution is -2.26. The quantitative estimate of drug-likeness (QED) is 0.813. The van der Waals surface area contributed by atoms with Gasteiger partial charge in [-0.1, -0.05) is 11.6 Å². The highest BCUT2D eigenvalue weighted by molar-refractivity contribution is 6.30. The fourth-order valence-electron chi connectivity index (χ4n) is 1.51. The summed E-state index contributed by atoms with van der Waals surface area (Å²) in [6.45, 7) is 2.16. The molecule has 3 nitrogen and oxygen atoms in total. The van der Waals surface area contributed by atoms with Crippen molar-refractivity contribution < 1.29 is 14.2 Å². The van der Waals surface area contributed by atoms with Crippen LogP contribution in [0.25, 0.3) is 0 Å². The molecule has 0 unspecified atom stereocenters. The van der Waals surface area contributed by atoms with Crippen molar-refractivity contribution >= 4 is 11.6 Å². The Morgan fingerprint density at radius 1 is 1.19 bits per heavy atom. The molecule has 1 fully saturated rings. The summed E-state index contributed by atoms with van der Waals surface area (Å²) in [4.78, 5) is 0. The summed E-state index contributed by atoms with van der Waals surface area (Å²) in [5.74, 6) is 0.820. The van der Waals surface area contributed by atoms with Crippen molar-refractivity contribution in [3.63, 3.8) is 0 Å². The average molecular weight is 243 g/mol. The molecular weight excluding hydrogens is 228 g/mol. The summed E-state index contributed by atoms with van der Waals surface area (Å²) >= 11 is 5.77. The van der Waals surface area contributed by atoms with Crippen LogP contribution in [0, 0.1) is 0 Å². The van der Waals surface area contributed by atoms with E-state index < -0.39 is 0 Å². The Morgan fingerprint density at radius 3 is 2.56 bits per heavy atom. The summed E-state index contributed by atoms with van der Waals surface area (Å²) in [5.41, 5.74) is 0. The van der Waals surface area contributed by atoms with E-state index in [4.69, 9.17) is 25.8 Å². The molecule has 0 bridgehead atoms. The van der Waals surface area contributed by atoms with Crippen LogP contribution in [0.1, 0.15) is 12.8 Å². The molecule has 0 atom stereocenters. The predicted octanol–water partition coefficient (Wildman–Crippen LogP) is 2.87. The number of hydrogen-bond donors (Lipinski definition) is 0. The molecule has 2 rings (SSSR count). The van der Waals surface area contributed by atoms with Crippen molar-refractivity contribution in [3.05, 3.63) is 29.3 Å². The normalized spacial score (nSPS) is 17.3. The van der Waals surface area contributed by atoms with Crippen LogP contribution in [0.2, 0.25) is 5.02 Å². The fraction of sp³-hybridized carbons (Fsp3) is 0.500. The first-order valence-corrected chi connectivity index (χ1v) is 5.84. The summed E-state index contributed by atoms with van der Waals surface area (Å²) in [7, 11) is 0. The molecule has 1 aliphatic heterocycles. The van der Waals surface area contributed by atoms with E-state index in [1.165, 1.54) is 0 Å². The maximum absolute atomic E-state index is 5.77. The molecule has 1 aromatic rings. The molecule has 0 saturated carbocycles. The van der Waals surface area contributed by atoms with Gasteiger partial charge in [0.2, 0.25) is 0 Å². The number of benzene rings is 1. The molecule has 0 aliphatic carbocycles. The molecule has 16 heavy (non-hydrogen) atoms. The van der Waals surface area contributed by atoms with Gasteiger partial charge in [-0.3, -0.25) is 0 Å². The predicted molar refractivity (Wildman–Crippen MR) is 61.9 cm³/mol. The molecule has 0 aromatic heterocycles. The molecule has 0 amide bonds. The number of ether oxygens (including phenoxy) is 3. The molecule has 0 spiro atoms. The van der Waals surface area contributed by atoms with Crippen molar-refractivity contribution in [2.75, 3.05) is 19.8 Å². The first kappa shape index (κ1) is 11.7. The standard InChI is InChI=1S/C12H15ClO3/c13-10-2-4-11(5-3-10)14-9-6-12-15-7-1-8-16-12/h2-5,12H,1,6-9H2. The third-order valence-electron chi connectivity index (χ3n) is 2.33. The van der Waals surface area contributed by atoms with E-state index in [1.54, 1.807) is 0 Å². The second kappa shape index (κ2) is 6.09. The first-order chi connectivity index (χ1) is 7.84. The minimum atomic E-state index is -0.110. The van der Waals surface area contributed by atoms with E-state index in [-0.39, 0.29) is 6.29 Å². The van der Waals surface area contributed by atoms with Crippen molar-refractivity contribution in [3.8, 4) is 5.75 Å². The lowest BCUT2D eigenvalue weighted by Gasteiger charge is -2.23.